The molecular formula is C13H15FN2O2S. The van der Waals surface area contributed by atoms with Gasteiger partial charge < -0.3 is 16.2 Å². The Bertz CT molecular complexity index is 527. The van der Waals surface area contributed by atoms with Gasteiger partial charge in [-0.1, -0.05) is 25.1 Å². The molecule has 1 amide bonds. The molecule has 19 heavy (non-hydrogen) atoms. The number of amides is 1. The van der Waals surface area contributed by atoms with Crippen molar-refractivity contribution in [2.75, 3.05) is 0 Å². The third kappa shape index (κ3) is 2.68. The van der Waals surface area contributed by atoms with Crippen LogP contribution in [0.2, 0.25) is 0 Å². The van der Waals surface area contributed by atoms with Crippen molar-refractivity contribution in [3.05, 3.63) is 29.6 Å². The quantitative estimate of drug-likeness (QED) is 0.740. The SMILES string of the molecule is NC(=S)C1(NC(=O)c2cc(F)ccc2O)CCCC1. The highest BCUT2D eigenvalue weighted by atomic mass is 32.1. The molecule has 1 aromatic carbocycles. The normalized spacial score (nSPS) is 17.1. The van der Waals surface area contributed by atoms with Crippen LogP contribution in [0, 0.1) is 5.82 Å². The van der Waals surface area contributed by atoms with Gasteiger partial charge >= 0.3 is 0 Å². The number of aromatic hydroxyl groups is 1. The van der Waals surface area contributed by atoms with Crippen molar-refractivity contribution in [3.8, 4) is 5.75 Å². The van der Waals surface area contributed by atoms with Gasteiger partial charge in [-0.25, -0.2) is 4.39 Å². The van der Waals surface area contributed by atoms with Crippen LogP contribution in [0.3, 0.4) is 0 Å². The number of carbonyl (C=O) groups is 1. The minimum atomic E-state index is -0.717. The van der Waals surface area contributed by atoms with Gasteiger partial charge in [0.05, 0.1) is 16.1 Å². The summed E-state index contributed by atoms with van der Waals surface area (Å²) in [4.78, 5) is 12.4. The number of phenolic OH excluding ortho intramolecular Hbond substituents is 1. The molecule has 0 radical (unpaired) electrons. The summed E-state index contributed by atoms with van der Waals surface area (Å²) in [6.07, 6.45) is 3.19. The number of nitrogens with two attached hydrogens (primary N) is 1. The minimum Gasteiger partial charge on any atom is -0.507 e. The van der Waals surface area contributed by atoms with E-state index in [-0.39, 0.29) is 16.3 Å². The summed E-state index contributed by atoms with van der Waals surface area (Å²) in [5, 5.41) is 12.4. The number of halogens is 1. The molecule has 1 aliphatic rings. The highest BCUT2D eigenvalue weighted by molar-refractivity contribution is 7.80. The fraction of sp³-hybridized carbons (Fsp3) is 0.385. The molecule has 0 spiro atoms. The molecule has 0 heterocycles. The third-order valence-corrected chi connectivity index (χ3v) is 3.88. The largest absolute Gasteiger partial charge is 0.507 e. The van der Waals surface area contributed by atoms with Gasteiger partial charge in [-0.05, 0) is 31.0 Å². The van der Waals surface area contributed by atoms with Crippen LogP contribution >= 0.6 is 12.2 Å². The van der Waals surface area contributed by atoms with Crippen LogP contribution in [-0.2, 0) is 0 Å². The Kier molecular flexibility index (Phi) is 3.71. The minimum absolute atomic E-state index is 0.109. The number of hydrogen-bond acceptors (Lipinski definition) is 3. The van der Waals surface area contributed by atoms with E-state index < -0.39 is 17.3 Å². The standard InChI is InChI=1S/C13H15FN2O2S/c14-8-3-4-10(17)9(7-8)11(18)16-13(12(15)19)5-1-2-6-13/h3-4,7,17H,1-2,5-6H2,(H2,15,19)(H,16,18). The van der Waals surface area contributed by atoms with Crippen LogP contribution in [-0.4, -0.2) is 21.5 Å². The Balaban J connectivity index is 2.25. The lowest BCUT2D eigenvalue weighted by Gasteiger charge is -2.29. The smallest absolute Gasteiger partial charge is 0.255 e. The first-order valence-electron chi connectivity index (χ1n) is 6.05. The van der Waals surface area contributed by atoms with Crippen molar-refractivity contribution in [1.29, 1.82) is 0 Å². The molecule has 4 nitrogen and oxygen atoms in total. The van der Waals surface area contributed by atoms with Gasteiger partial charge in [0.25, 0.3) is 5.91 Å². The maximum absolute atomic E-state index is 13.1. The second-order valence-corrected chi connectivity index (χ2v) is 5.21. The summed E-state index contributed by atoms with van der Waals surface area (Å²) in [6, 6.07) is 3.23. The van der Waals surface area contributed by atoms with Gasteiger partial charge in [0.1, 0.15) is 11.6 Å². The predicted molar refractivity (Wildman–Crippen MR) is 73.5 cm³/mol. The number of thiocarbonyl (C=S) groups is 1. The number of rotatable bonds is 3. The van der Waals surface area contributed by atoms with E-state index in [1.165, 1.54) is 0 Å². The van der Waals surface area contributed by atoms with Gasteiger partial charge in [0, 0.05) is 0 Å². The van der Waals surface area contributed by atoms with Crippen molar-refractivity contribution in [2.45, 2.75) is 31.2 Å². The molecule has 0 aromatic heterocycles. The molecule has 0 saturated heterocycles. The molecule has 1 aromatic rings. The average molecular weight is 282 g/mol. The van der Waals surface area contributed by atoms with Crippen LogP contribution in [0.4, 0.5) is 4.39 Å². The lowest BCUT2D eigenvalue weighted by molar-refractivity contribution is 0.0921. The summed E-state index contributed by atoms with van der Waals surface area (Å²) in [7, 11) is 0. The zero-order valence-corrected chi connectivity index (χ0v) is 11.1. The highest BCUT2D eigenvalue weighted by Crippen LogP contribution is 2.31. The van der Waals surface area contributed by atoms with Gasteiger partial charge in [-0.15, -0.1) is 0 Å². The first-order chi connectivity index (χ1) is 8.94. The Morgan fingerprint density at radius 1 is 1.42 bits per heavy atom. The first-order valence-corrected chi connectivity index (χ1v) is 6.46. The van der Waals surface area contributed by atoms with E-state index in [1.54, 1.807) is 0 Å². The molecule has 1 fully saturated rings. The van der Waals surface area contributed by atoms with Gasteiger partial charge in [-0.3, -0.25) is 4.79 Å². The van der Waals surface area contributed by atoms with E-state index in [0.29, 0.717) is 12.8 Å². The van der Waals surface area contributed by atoms with Crippen molar-refractivity contribution in [3.63, 3.8) is 0 Å². The average Bonchev–Trinajstić information content (AvgIpc) is 2.82. The Labute approximate surface area is 115 Å². The summed E-state index contributed by atoms with van der Waals surface area (Å²) >= 11 is 5.02. The molecule has 1 saturated carbocycles. The second-order valence-electron chi connectivity index (χ2n) is 4.77. The van der Waals surface area contributed by atoms with Crippen LogP contribution < -0.4 is 11.1 Å². The molecule has 0 atom stereocenters. The predicted octanol–water partition coefficient (Wildman–Crippen LogP) is 1.86. The highest BCUT2D eigenvalue weighted by Gasteiger charge is 2.38. The summed E-state index contributed by atoms with van der Waals surface area (Å²) in [5.74, 6) is -1.42. The van der Waals surface area contributed by atoms with Crippen molar-refractivity contribution in [2.24, 2.45) is 5.73 Å². The topological polar surface area (TPSA) is 75.3 Å². The van der Waals surface area contributed by atoms with Crippen molar-refractivity contribution >= 4 is 23.1 Å². The zero-order valence-electron chi connectivity index (χ0n) is 10.3. The third-order valence-electron chi connectivity index (χ3n) is 3.48. The van der Waals surface area contributed by atoms with E-state index in [4.69, 9.17) is 18.0 Å². The summed E-state index contributed by atoms with van der Waals surface area (Å²) in [5.41, 5.74) is 4.88. The lowest BCUT2D eigenvalue weighted by Crippen LogP contribution is -2.54. The van der Waals surface area contributed by atoms with Crippen LogP contribution in [0.1, 0.15) is 36.0 Å². The van der Waals surface area contributed by atoms with Gasteiger partial charge in [0.2, 0.25) is 0 Å². The number of hydrogen-bond donors (Lipinski definition) is 3. The Morgan fingerprint density at radius 2 is 2.05 bits per heavy atom. The molecule has 102 valence electrons. The summed E-state index contributed by atoms with van der Waals surface area (Å²) in [6.45, 7) is 0. The van der Waals surface area contributed by atoms with Gasteiger partial charge in [-0.2, -0.15) is 0 Å². The fourth-order valence-electron chi connectivity index (χ4n) is 2.39. The molecule has 0 bridgehead atoms. The number of benzene rings is 1. The van der Waals surface area contributed by atoms with E-state index in [0.717, 1.165) is 31.0 Å². The van der Waals surface area contributed by atoms with Crippen LogP contribution in [0.15, 0.2) is 18.2 Å². The number of carbonyl (C=O) groups excluding carboxylic acids is 1. The van der Waals surface area contributed by atoms with Crippen molar-refractivity contribution < 1.29 is 14.3 Å². The maximum atomic E-state index is 13.1. The molecule has 1 aliphatic carbocycles. The zero-order chi connectivity index (χ0) is 14.0. The molecule has 0 unspecified atom stereocenters. The summed E-state index contributed by atoms with van der Waals surface area (Å²) < 4.78 is 13.1. The van der Waals surface area contributed by atoms with Crippen LogP contribution in [0.5, 0.6) is 5.75 Å². The lowest BCUT2D eigenvalue weighted by atomic mass is 9.97. The number of nitrogens with one attached hydrogen (secondary N) is 1. The molecule has 6 heteroatoms. The Hall–Kier alpha value is -1.69. The molecular weight excluding hydrogens is 267 g/mol. The molecule has 2 rings (SSSR count). The Morgan fingerprint density at radius 3 is 2.63 bits per heavy atom. The maximum Gasteiger partial charge on any atom is 0.255 e. The first kappa shape index (κ1) is 13.7. The molecule has 4 N–H and O–H groups in total. The van der Waals surface area contributed by atoms with E-state index in [1.807, 2.05) is 0 Å². The monoisotopic (exact) mass is 282 g/mol. The van der Waals surface area contributed by atoms with E-state index >= 15 is 0 Å². The van der Waals surface area contributed by atoms with Gasteiger partial charge in [0.15, 0.2) is 0 Å². The second kappa shape index (κ2) is 5.13. The fourth-order valence-corrected chi connectivity index (χ4v) is 2.64. The van der Waals surface area contributed by atoms with E-state index in [9.17, 15) is 14.3 Å². The van der Waals surface area contributed by atoms with E-state index in [2.05, 4.69) is 5.32 Å². The van der Waals surface area contributed by atoms with Crippen LogP contribution in [0.25, 0.3) is 0 Å². The number of phenols is 1. The molecule has 0 aliphatic heterocycles. The van der Waals surface area contributed by atoms with Crippen molar-refractivity contribution in [1.82, 2.24) is 5.32 Å².